The minimum absolute atomic E-state index is 0.0893. The highest BCUT2D eigenvalue weighted by Crippen LogP contribution is 2.22. The van der Waals surface area contributed by atoms with Crippen LogP contribution in [0.2, 0.25) is 0 Å². The number of aliphatic hydroxyl groups is 1. The number of β-amino-alcohol motifs (C(OH)–C–C–N with tert-alkyl or cyclic N) is 1. The van der Waals surface area contributed by atoms with Crippen LogP contribution in [0.25, 0.3) is 0 Å². The van der Waals surface area contributed by atoms with E-state index in [1.54, 1.807) is 17.9 Å². The predicted molar refractivity (Wildman–Crippen MR) is 120 cm³/mol. The molecule has 1 saturated heterocycles. The van der Waals surface area contributed by atoms with Gasteiger partial charge in [-0.05, 0) is 48.4 Å². The summed E-state index contributed by atoms with van der Waals surface area (Å²) in [5, 5.41) is 13.2. The van der Waals surface area contributed by atoms with Gasteiger partial charge >= 0.3 is 0 Å². The Labute approximate surface area is 188 Å². The van der Waals surface area contributed by atoms with Crippen molar-refractivity contribution in [2.24, 2.45) is 5.92 Å². The van der Waals surface area contributed by atoms with E-state index >= 15 is 0 Å². The summed E-state index contributed by atoms with van der Waals surface area (Å²) in [6, 6.07) is 8.07. The Morgan fingerprint density at radius 2 is 2.09 bits per heavy atom. The summed E-state index contributed by atoms with van der Waals surface area (Å²) in [5.41, 5.74) is 5.15. The van der Waals surface area contributed by atoms with Crippen LogP contribution in [-0.4, -0.2) is 75.5 Å². The number of benzene rings is 1. The molecule has 1 aromatic heterocycles. The van der Waals surface area contributed by atoms with E-state index in [4.69, 9.17) is 0 Å². The summed E-state index contributed by atoms with van der Waals surface area (Å²) < 4.78 is 0. The number of aromatic nitrogens is 2. The molecule has 0 radical (unpaired) electrons. The molecular formula is C24H31N5O3. The van der Waals surface area contributed by atoms with Crippen LogP contribution in [0.15, 0.2) is 30.6 Å². The van der Waals surface area contributed by atoms with Gasteiger partial charge in [-0.25, -0.2) is 9.97 Å². The third-order valence-corrected chi connectivity index (χ3v) is 6.40. The minimum atomic E-state index is -0.654. The van der Waals surface area contributed by atoms with E-state index in [1.165, 1.54) is 23.0 Å². The predicted octanol–water partition coefficient (Wildman–Crippen LogP) is 0.955. The number of hydrogen-bond donors (Lipinski definition) is 2. The van der Waals surface area contributed by atoms with E-state index in [1.807, 2.05) is 0 Å². The van der Waals surface area contributed by atoms with Gasteiger partial charge in [0.25, 0.3) is 5.91 Å². The number of rotatable bonds is 7. The van der Waals surface area contributed by atoms with Gasteiger partial charge in [0, 0.05) is 51.9 Å². The Kier molecular flexibility index (Phi) is 6.81. The number of nitrogens with zero attached hydrogens (tertiary/aromatic N) is 4. The van der Waals surface area contributed by atoms with Gasteiger partial charge in [0.15, 0.2) is 0 Å². The smallest absolute Gasteiger partial charge is 0.270 e. The van der Waals surface area contributed by atoms with Gasteiger partial charge in [-0.3, -0.25) is 14.5 Å². The van der Waals surface area contributed by atoms with Crippen LogP contribution in [0.1, 0.15) is 39.8 Å². The molecule has 8 heteroatoms. The number of aryl methyl sites for hydroxylation is 1. The number of hydrogen-bond acceptors (Lipinski definition) is 6. The molecule has 0 saturated carbocycles. The number of carbonyl (C=O) groups is 2. The molecule has 0 unspecified atom stereocenters. The maximum absolute atomic E-state index is 12.5. The topological polar surface area (TPSA) is 98.7 Å². The van der Waals surface area contributed by atoms with Crippen molar-refractivity contribution in [3.63, 3.8) is 0 Å². The average Bonchev–Trinajstić information content (AvgIpc) is 2.74. The highest BCUT2D eigenvalue weighted by atomic mass is 16.3. The largest absolute Gasteiger partial charge is 0.390 e. The van der Waals surface area contributed by atoms with E-state index in [9.17, 15) is 14.7 Å². The second kappa shape index (κ2) is 9.75. The summed E-state index contributed by atoms with van der Waals surface area (Å²) in [6.45, 7) is 7.58. The first-order valence-electron chi connectivity index (χ1n) is 11.2. The monoisotopic (exact) mass is 437 g/mol. The third kappa shape index (κ3) is 5.31. The highest BCUT2D eigenvalue weighted by molar-refractivity contribution is 5.92. The van der Waals surface area contributed by atoms with Gasteiger partial charge in [0.05, 0.1) is 6.10 Å². The van der Waals surface area contributed by atoms with Crippen molar-refractivity contribution in [3.8, 4) is 0 Å². The zero-order chi connectivity index (χ0) is 22.7. The standard InChI is InChI=1S/C24H31N5O3/c1-16-4-3-5-19-13-28(7-6-22(16)19)14-21(31)10-25-24(32)23-9-20(26-15-27-23)8-18-11-29(12-18)17(2)30/h3-5,9,15,18,21,31H,6-8,10-14H2,1-2H3,(H,25,32)/t21-/m0/s1. The Morgan fingerprint density at radius 1 is 1.28 bits per heavy atom. The molecule has 4 rings (SSSR count). The fourth-order valence-corrected chi connectivity index (χ4v) is 4.56. The molecule has 2 N–H and O–H groups in total. The van der Waals surface area contributed by atoms with E-state index < -0.39 is 6.10 Å². The Morgan fingerprint density at radius 3 is 2.88 bits per heavy atom. The lowest BCUT2D eigenvalue weighted by atomic mass is 9.94. The van der Waals surface area contributed by atoms with Crippen molar-refractivity contribution >= 4 is 11.8 Å². The lowest BCUT2D eigenvalue weighted by Gasteiger charge is -2.38. The van der Waals surface area contributed by atoms with Crippen LogP contribution in [0.5, 0.6) is 0 Å². The van der Waals surface area contributed by atoms with Crippen LogP contribution < -0.4 is 5.32 Å². The number of nitrogens with one attached hydrogen (secondary N) is 1. The second-order valence-electron chi connectivity index (χ2n) is 8.95. The zero-order valence-corrected chi connectivity index (χ0v) is 18.8. The number of aliphatic hydroxyl groups excluding tert-OH is 1. The van der Waals surface area contributed by atoms with Crippen LogP contribution in [0, 0.1) is 12.8 Å². The maximum Gasteiger partial charge on any atom is 0.270 e. The van der Waals surface area contributed by atoms with Gasteiger partial charge in [-0.15, -0.1) is 0 Å². The molecule has 1 aromatic carbocycles. The number of fused-ring (bicyclic) bond motifs is 1. The summed E-state index contributed by atoms with van der Waals surface area (Å²) in [5.74, 6) is 0.141. The lowest BCUT2D eigenvalue weighted by molar-refractivity contribution is -0.134. The number of carbonyl (C=O) groups excluding carboxylic acids is 2. The van der Waals surface area contributed by atoms with Gasteiger partial charge in [0.2, 0.25) is 5.91 Å². The van der Waals surface area contributed by atoms with Crippen molar-refractivity contribution in [2.45, 2.75) is 39.3 Å². The van der Waals surface area contributed by atoms with Crippen LogP contribution >= 0.6 is 0 Å². The summed E-state index contributed by atoms with van der Waals surface area (Å²) >= 11 is 0. The molecule has 3 heterocycles. The molecule has 2 aromatic rings. The van der Waals surface area contributed by atoms with Crippen LogP contribution in [0.4, 0.5) is 0 Å². The number of likely N-dealkylation sites (tertiary alicyclic amines) is 1. The molecule has 0 aliphatic carbocycles. The fraction of sp³-hybridized carbons (Fsp3) is 0.500. The van der Waals surface area contributed by atoms with Crippen molar-refractivity contribution in [1.82, 2.24) is 25.1 Å². The molecule has 2 aliphatic heterocycles. The van der Waals surface area contributed by atoms with E-state index in [2.05, 4.69) is 45.3 Å². The molecular weight excluding hydrogens is 406 g/mol. The highest BCUT2D eigenvalue weighted by Gasteiger charge is 2.29. The van der Waals surface area contributed by atoms with E-state index in [0.29, 0.717) is 24.6 Å². The molecule has 8 nitrogen and oxygen atoms in total. The molecule has 2 amide bonds. The van der Waals surface area contributed by atoms with Crippen LogP contribution in [-0.2, 0) is 24.2 Å². The lowest BCUT2D eigenvalue weighted by Crippen LogP contribution is -2.49. The molecule has 0 bridgehead atoms. The first-order chi connectivity index (χ1) is 15.4. The van der Waals surface area contributed by atoms with Crippen molar-refractivity contribution < 1.29 is 14.7 Å². The molecule has 0 spiro atoms. The molecule has 1 fully saturated rings. The SMILES string of the molecule is CC(=O)N1CC(Cc2cc(C(=O)NC[C@H](O)CN3CCc4c(C)cccc4C3)ncn2)C1. The normalized spacial score (nSPS) is 17.4. The second-order valence-corrected chi connectivity index (χ2v) is 8.95. The molecule has 32 heavy (non-hydrogen) atoms. The molecule has 170 valence electrons. The van der Waals surface area contributed by atoms with Crippen LogP contribution in [0.3, 0.4) is 0 Å². The zero-order valence-electron chi connectivity index (χ0n) is 18.8. The number of amides is 2. The van der Waals surface area contributed by atoms with Gasteiger partial charge in [0.1, 0.15) is 12.0 Å². The summed E-state index contributed by atoms with van der Waals surface area (Å²) in [6.07, 6.45) is 2.44. The van der Waals surface area contributed by atoms with Gasteiger partial charge in [-0.2, -0.15) is 0 Å². The van der Waals surface area contributed by atoms with E-state index in [0.717, 1.165) is 38.3 Å². The molecule has 1 atom stereocenters. The summed E-state index contributed by atoms with van der Waals surface area (Å²) in [4.78, 5) is 36.2. The quantitative estimate of drug-likeness (QED) is 0.669. The first-order valence-corrected chi connectivity index (χ1v) is 11.2. The maximum atomic E-state index is 12.5. The Balaban J connectivity index is 1.24. The third-order valence-electron chi connectivity index (χ3n) is 6.40. The first kappa shape index (κ1) is 22.4. The summed E-state index contributed by atoms with van der Waals surface area (Å²) in [7, 11) is 0. The Bertz CT molecular complexity index is 989. The fourth-order valence-electron chi connectivity index (χ4n) is 4.56. The van der Waals surface area contributed by atoms with Crippen molar-refractivity contribution in [1.29, 1.82) is 0 Å². The molecule has 2 aliphatic rings. The minimum Gasteiger partial charge on any atom is -0.390 e. The van der Waals surface area contributed by atoms with E-state index in [-0.39, 0.29) is 18.4 Å². The average molecular weight is 438 g/mol. The van der Waals surface area contributed by atoms with Crippen molar-refractivity contribution in [2.75, 3.05) is 32.7 Å². The van der Waals surface area contributed by atoms with Crippen molar-refractivity contribution in [3.05, 3.63) is 58.7 Å². The Hall–Kier alpha value is -2.84. The van der Waals surface area contributed by atoms with Gasteiger partial charge < -0.3 is 15.3 Å². The van der Waals surface area contributed by atoms with Gasteiger partial charge in [-0.1, -0.05) is 18.2 Å².